The van der Waals surface area contributed by atoms with E-state index in [0.29, 0.717) is 5.11 Å². The maximum absolute atomic E-state index is 5.34. The SMILES string of the molecule is COc1ccc(CCNC(=S)Nc2ccc3c(c2)OCO3)cc1. The van der Waals surface area contributed by atoms with E-state index in [1.54, 1.807) is 7.11 Å². The fourth-order valence-electron chi connectivity index (χ4n) is 2.26. The van der Waals surface area contributed by atoms with Crippen molar-refractivity contribution in [2.75, 3.05) is 25.8 Å². The molecule has 0 unspecified atom stereocenters. The van der Waals surface area contributed by atoms with Crippen LogP contribution in [0.2, 0.25) is 0 Å². The molecule has 0 spiro atoms. The van der Waals surface area contributed by atoms with Crippen molar-refractivity contribution in [2.45, 2.75) is 6.42 Å². The third-order valence-corrected chi connectivity index (χ3v) is 3.74. The van der Waals surface area contributed by atoms with E-state index < -0.39 is 0 Å². The van der Waals surface area contributed by atoms with Crippen LogP contribution in [-0.2, 0) is 6.42 Å². The highest BCUT2D eigenvalue weighted by Crippen LogP contribution is 2.34. The van der Waals surface area contributed by atoms with Crippen LogP contribution in [-0.4, -0.2) is 25.6 Å². The van der Waals surface area contributed by atoms with E-state index in [1.807, 2.05) is 30.3 Å². The van der Waals surface area contributed by atoms with Crippen LogP contribution in [0.25, 0.3) is 0 Å². The molecular weight excluding hydrogens is 312 g/mol. The number of thiocarbonyl (C=S) groups is 1. The molecule has 5 nitrogen and oxygen atoms in total. The fraction of sp³-hybridized carbons (Fsp3) is 0.235. The zero-order valence-electron chi connectivity index (χ0n) is 12.8. The van der Waals surface area contributed by atoms with Crippen LogP contribution in [0.15, 0.2) is 42.5 Å². The number of fused-ring (bicyclic) bond motifs is 1. The maximum atomic E-state index is 5.34. The van der Waals surface area contributed by atoms with Crippen molar-refractivity contribution >= 4 is 23.0 Å². The van der Waals surface area contributed by atoms with Crippen molar-refractivity contribution in [1.82, 2.24) is 5.32 Å². The molecule has 3 rings (SSSR count). The lowest BCUT2D eigenvalue weighted by atomic mass is 10.1. The van der Waals surface area contributed by atoms with Crippen LogP contribution in [0.4, 0.5) is 5.69 Å². The molecule has 0 amide bonds. The monoisotopic (exact) mass is 330 g/mol. The molecule has 1 aliphatic heterocycles. The first-order valence-corrected chi connectivity index (χ1v) is 7.73. The summed E-state index contributed by atoms with van der Waals surface area (Å²) in [6.07, 6.45) is 0.882. The minimum Gasteiger partial charge on any atom is -0.497 e. The molecule has 0 radical (unpaired) electrons. The Hall–Kier alpha value is -2.47. The van der Waals surface area contributed by atoms with Gasteiger partial charge in [-0.3, -0.25) is 0 Å². The molecular formula is C17H18N2O3S. The molecule has 0 saturated heterocycles. The number of hydrogen-bond donors (Lipinski definition) is 2. The highest BCUT2D eigenvalue weighted by atomic mass is 32.1. The lowest BCUT2D eigenvalue weighted by molar-refractivity contribution is 0.174. The van der Waals surface area contributed by atoms with Gasteiger partial charge in [0, 0.05) is 18.3 Å². The van der Waals surface area contributed by atoms with E-state index in [4.69, 9.17) is 26.4 Å². The van der Waals surface area contributed by atoms with Gasteiger partial charge in [0.1, 0.15) is 5.75 Å². The van der Waals surface area contributed by atoms with Gasteiger partial charge >= 0.3 is 0 Å². The molecule has 1 heterocycles. The van der Waals surface area contributed by atoms with Crippen LogP contribution in [0.3, 0.4) is 0 Å². The van der Waals surface area contributed by atoms with Gasteiger partial charge in [0.2, 0.25) is 6.79 Å². The van der Waals surface area contributed by atoms with Crippen LogP contribution in [0.5, 0.6) is 17.2 Å². The summed E-state index contributed by atoms with van der Waals surface area (Å²) in [5.41, 5.74) is 2.10. The summed E-state index contributed by atoms with van der Waals surface area (Å²) in [6, 6.07) is 13.7. The first-order chi connectivity index (χ1) is 11.2. The van der Waals surface area contributed by atoms with Crippen LogP contribution in [0.1, 0.15) is 5.56 Å². The molecule has 0 aliphatic carbocycles. The first-order valence-electron chi connectivity index (χ1n) is 7.32. The molecule has 0 atom stereocenters. The number of anilines is 1. The van der Waals surface area contributed by atoms with E-state index in [0.717, 1.165) is 35.9 Å². The van der Waals surface area contributed by atoms with Crippen molar-refractivity contribution in [1.29, 1.82) is 0 Å². The minimum absolute atomic E-state index is 0.267. The Morgan fingerprint density at radius 3 is 2.70 bits per heavy atom. The van der Waals surface area contributed by atoms with Gasteiger partial charge in [-0.05, 0) is 48.5 Å². The van der Waals surface area contributed by atoms with Gasteiger partial charge in [-0.25, -0.2) is 0 Å². The summed E-state index contributed by atoms with van der Waals surface area (Å²) in [6.45, 7) is 1.02. The Morgan fingerprint density at radius 1 is 1.13 bits per heavy atom. The molecule has 120 valence electrons. The van der Waals surface area contributed by atoms with Crippen LogP contribution < -0.4 is 24.8 Å². The fourth-order valence-corrected chi connectivity index (χ4v) is 2.48. The summed E-state index contributed by atoms with van der Waals surface area (Å²) in [7, 11) is 1.66. The van der Waals surface area contributed by atoms with Crippen molar-refractivity contribution in [3.05, 3.63) is 48.0 Å². The Bertz CT molecular complexity index is 689. The Labute approximate surface area is 140 Å². The number of methoxy groups -OCH3 is 1. The predicted molar refractivity (Wildman–Crippen MR) is 93.5 cm³/mol. The highest BCUT2D eigenvalue weighted by molar-refractivity contribution is 7.80. The third kappa shape index (κ3) is 4.04. The van der Waals surface area contributed by atoms with E-state index >= 15 is 0 Å². The number of benzene rings is 2. The summed E-state index contributed by atoms with van der Waals surface area (Å²) in [5, 5.41) is 6.91. The molecule has 2 N–H and O–H groups in total. The molecule has 23 heavy (non-hydrogen) atoms. The number of hydrogen-bond acceptors (Lipinski definition) is 4. The quantitative estimate of drug-likeness (QED) is 0.822. The molecule has 2 aromatic carbocycles. The van der Waals surface area contributed by atoms with Gasteiger partial charge in [0.15, 0.2) is 16.6 Å². The zero-order chi connectivity index (χ0) is 16.1. The summed E-state index contributed by atoms with van der Waals surface area (Å²) in [5.74, 6) is 2.35. The Morgan fingerprint density at radius 2 is 1.91 bits per heavy atom. The van der Waals surface area contributed by atoms with Gasteiger partial charge in [-0.15, -0.1) is 0 Å². The van der Waals surface area contributed by atoms with Gasteiger partial charge in [0.25, 0.3) is 0 Å². The molecule has 1 aliphatic rings. The second-order valence-corrected chi connectivity index (χ2v) is 5.46. The van der Waals surface area contributed by atoms with Crippen molar-refractivity contribution in [3.63, 3.8) is 0 Å². The van der Waals surface area contributed by atoms with Crippen molar-refractivity contribution in [2.24, 2.45) is 0 Å². The standard InChI is InChI=1S/C17H18N2O3S/c1-20-14-5-2-12(3-6-14)8-9-18-17(23)19-13-4-7-15-16(10-13)22-11-21-15/h2-7,10H,8-9,11H2,1H3,(H2,18,19,23). The highest BCUT2D eigenvalue weighted by Gasteiger charge is 2.13. The van der Waals surface area contributed by atoms with E-state index in [9.17, 15) is 0 Å². The largest absolute Gasteiger partial charge is 0.497 e. The minimum atomic E-state index is 0.267. The van der Waals surface area contributed by atoms with Crippen LogP contribution in [0, 0.1) is 0 Å². The maximum Gasteiger partial charge on any atom is 0.231 e. The molecule has 0 saturated carbocycles. The first kappa shape index (κ1) is 15.4. The van der Waals surface area contributed by atoms with Gasteiger partial charge in [-0.2, -0.15) is 0 Å². The van der Waals surface area contributed by atoms with E-state index in [2.05, 4.69) is 22.8 Å². The lowest BCUT2D eigenvalue weighted by Crippen LogP contribution is -2.30. The second kappa shape index (κ2) is 7.19. The Balaban J connectivity index is 1.46. The van der Waals surface area contributed by atoms with Crippen molar-refractivity contribution in [3.8, 4) is 17.2 Å². The summed E-state index contributed by atoms with van der Waals surface area (Å²) < 4.78 is 15.8. The van der Waals surface area contributed by atoms with Crippen LogP contribution >= 0.6 is 12.2 Å². The third-order valence-electron chi connectivity index (χ3n) is 3.49. The Kier molecular flexibility index (Phi) is 4.83. The lowest BCUT2D eigenvalue weighted by Gasteiger charge is -2.11. The van der Waals surface area contributed by atoms with E-state index in [-0.39, 0.29) is 6.79 Å². The number of nitrogens with one attached hydrogen (secondary N) is 2. The van der Waals surface area contributed by atoms with Gasteiger partial charge in [-0.1, -0.05) is 12.1 Å². The average Bonchev–Trinajstić information content (AvgIpc) is 3.03. The molecule has 6 heteroatoms. The van der Waals surface area contributed by atoms with E-state index in [1.165, 1.54) is 5.56 Å². The molecule has 2 aromatic rings. The van der Waals surface area contributed by atoms with Gasteiger partial charge in [0.05, 0.1) is 7.11 Å². The second-order valence-electron chi connectivity index (χ2n) is 5.05. The normalized spacial score (nSPS) is 11.9. The summed E-state index contributed by atoms with van der Waals surface area (Å²) >= 11 is 5.30. The molecule has 0 fully saturated rings. The summed E-state index contributed by atoms with van der Waals surface area (Å²) in [4.78, 5) is 0. The number of ether oxygens (including phenoxy) is 3. The smallest absolute Gasteiger partial charge is 0.231 e. The van der Waals surface area contributed by atoms with Gasteiger partial charge < -0.3 is 24.8 Å². The molecule has 0 bridgehead atoms. The number of rotatable bonds is 5. The molecule has 0 aromatic heterocycles. The van der Waals surface area contributed by atoms with Crippen molar-refractivity contribution < 1.29 is 14.2 Å². The zero-order valence-corrected chi connectivity index (χ0v) is 13.6. The topological polar surface area (TPSA) is 51.8 Å². The average molecular weight is 330 g/mol. The predicted octanol–water partition coefficient (Wildman–Crippen LogP) is 2.95.